The maximum absolute atomic E-state index is 12.5. The van der Waals surface area contributed by atoms with E-state index in [1.54, 1.807) is 42.8 Å². The van der Waals surface area contributed by atoms with Crippen LogP contribution in [0.25, 0.3) is 4.91 Å². The molecule has 0 unspecified atom stereocenters. The predicted octanol–water partition coefficient (Wildman–Crippen LogP) is 3.43. The lowest BCUT2D eigenvalue weighted by atomic mass is 10.1. The van der Waals surface area contributed by atoms with Gasteiger partial charge in [-0.2, -0.15) is 13.2 Å². The van der Waals surface area contributed by atoms with Crippen LogP contribution in [-0.4, -0.2) is 24.5 Å². The minimum atomic E-state index is -4.82. The number of hydrogen-bond donors (Lipinski definition) is 0. The molecule has 1 aromatic carbocycles. The highest BCUT2D eigenvalue weighted by Crippen LogP contribution is 2.29. The number of ketones is 1. The van der Waals surface area contributed by atoms with Gasteiger partial charge in [0.15, 0.2) is 4.91 Å². The van der Waals surface area contributed by atoms with Crippen molar-refractivity contribution in [2.24, 2.45) is 0 Å². The van der Waals surface area contributed by atoms with E-state index in [0.717, 1.165) is 0 Å². The number of benzene rings is 1. The van der Waals surface area contributed by atoms with Crippen molar-refractivity contribution in [1.29, 1.82) is 0 Å². The molecule has 98 valence electrons. The van der Waals surface area contributed by atoms with E-state index in [1.165, 1.54) is 6.92 Å². The molecule has 0 N–H and O–H groups in total. The van der Waals surface area contributed by atoms with Crippen molar-refractivity contribution in [2.45, 2.75) is 13.1 Å². The van der Waals surface area contributed by atoms with Gasteiger partial charge in [-0.15, -0.1) is 0 Å². The summed E-state index contributed by atoms with van der Waals surface area (Å²) >= 11 is 0. The minimum Gasteiger partial charge on any atom is -0.284 e. The van der Waals surface area contributed by atoms with E-state index in [0.29, 0.717) is 10.5 Å². The van der Waals surface area contributed by atoms with Crippen molar-refractivity contribution in [2.75, 3.05) is 12.5 Å². The minimum absolute atomic E-state index is 0.220. The third-order valence-electron chi connectivity index (χ3n) is 2.38. The van der Waals surface area contributed by atoms with Gasteiger partial charge in [0.1, 0.15) is 12.5 Å². The zero-order valence-corrected chi connectivity index (χ0v) is 11.2. The molecule has 0 bridgehead atoms. The van der Waals surface area contributed by atoms with Crippen LogP contribution in [0.1, 0.15) is 12.5 Å². The molecule has 0 aliphatic carbocycles. The van der Waals surface area contributed by atoms with Gasteiger partial charge < -0.3 is 0 Å². The fourth-order valence-corrected chi connectivity index (χ4v) is 2.98. The first kappa shape index (κ1) is 14.8. The molecular formula is C13H14F3OS+. The lowest BCUT2D eigenvalue weighted by molar-refractivity contribution is -0.166. The highest BCUT2D eigenvalue weighted by Gasteiger charge is 2.42. The summed E-state index contributed by atoms with van der Waals surface area (Å²) < 4.78 is 37.4. The largest absolute Gasteiger partial charge is 0.454 e. The first-order chi connectivity index (χ1) is 8.25. The third kappa shape index (κ3) is 3.38. The molecule has 18 heavy (non-hydrogen) atoms. The third-order valence-corrected chi connectivity index (χ3v) is 3.74. The van der Waals surface area contributed by atoms with E-state index in [2.05, 4.69) is 0 Å². The van der Waals surface area contributed by atoms with E-state index in [9.17, 15) is 18.0 Å². The molecule has 0 heterocycles. The molecule has 0 spiro atoms. The van der Waals surface area contributed by atoms with Crippen LogP contribution in [-0.2, 0) is 15.7 Å². The lowest BCUT2D eigenvalue weighted by Crippen LogP contribution is -2.25. The Hall–Kier alpha value is -1.23. The maximum Gasteiger partial charge on any atom is 0.454 e. The van der Waals surface area contributed by atoms with Crippen LogP contribution in [0, 0.1) is 0 Å². The van der Waals surface area contributed by atoms with Crippen LogP contribution in [0.4, 0.5) is 13.2 Å². The van der Waals surface area contributed by atoms with Crippen molar-refractivity contribution in [1.82, 2.24) is 0 Å². The van der Waals surface area contributed by atoms with Gasteiger partial charge in [0.25, 0.3) is 5.78 Å². The van der Waals surface area contributed by atoms with Gasteiger partial charge in [-0.1, -0.05) is 18.2 Å². The van der Waals surface area contributed by atoms with E-state index >= 15 is 0 Å². The Bertz CT molecular complexity index is 461. The molecule has 0 aliphatic rings. The summed E-state index contributed by atoms with van der Waals surface area (Å²) in [6.07, 6.45) is -1.21. The van der Waals surface area contributed by atoms with Crippen LogP contribution < -0.4 is 0 Å². The van der Waals surface area contributed by atoms with Gasteiger partial charge in [-0.25, -0.2) is 0 Å². The van der Waals surface area contributed by atoms with Crippen LogP contribution in [0.3, 0.4) is 0 Å². The highest BCUT2D eigenvalue weighted by atomic mass is 32.2. The fraction of sp³-hybridized carbons (Fsp3) is 0.308. The van der Waals surface area contributed by atoms with Gasteiger partial charge in [0.2, 0.25) is 0 Å². The summed E-state index contributed by atoms with van der Waals surface area (Å²) in [6.45, 7) is 1.24. The number of rotatable bonds is 3. The van der Waals surface area contributed by atoms with Gasteiger partial charge in [-0.05, 0) is 19.1 Å². The van der Waals surface area contributed by atoms with Crippen molar-refractivity contribution >= 4 is 21.6 Å². The van der Waals surface area contributed by atoms with Crippen LogP contribution in [0.5, 0.6) is 0 Å². The Kier molecular flexibility index (Phi) is 4.62. The SMILES string of the molecule is C/C(C(=O)C(F)(F)F)=C(\c1ccccc1)[S+](C)C. The second-order valence-electron chi connectivity index (χ2n) is 3.96. The number of carbonyl (C=O) groups is 1. The first-order valence-electron chi connectivity index (χ1n) is 5.20. The number of Topliss-reactive ketones (excluding diaryl/α,β-unsaturated/α-hetero) is 1. The van der Waals surface area contributed by atoms with Gasteiger partial charge in [-0.3, -0.25) is 4.79 Å². The Morgan fingerprint density at radius 2 is 1.61 bits per heavy atom. The van der Waals surface area contributed by atoms with Crippen LogP contribution in [0.2, 0.25) is 0 Å². The molecule has 0 fully saturated rings. The fourth-order valence-electron chi connectivity index (χ4n) is 1.66. The molecular weight excluding hydrogens is 261 g/mol. The molecule has 1 rings (SSSR count). The van der Waals surface area contributed by atoms with E-state index in [1.807, 2.05) is 0 Å². The summed E-state index contributed by atoms with van der Waals surface area (Å²) in [7, 11) is -0.431. The standard InChI is InChI=1S/C13H14F3OS/c1-9(12(17)13(14,15)16)11(18(2)3)10-7-5-4-6-8-10/h4-8H,1-3H3/q+1/b11-9-. The molecule has 0 amide bonds. The zero-order valence-electron chi connectivity index (χ0n) is 10.3. The van der Waals surface area contributed by atoms with Crippen molar-refractivity contribution in [3.8, 4) is 0 Å². The van der Waals surface area contributed by atoms with Crippen LogP contribution in [0.15, 0.2) is 35.9 Å². The molecule has 1 nitrogen and oxygen atoms in total. The molecule has 5 heteroatoms. The van der Waals surface area contributed by atoms with E-state index < -0.39 is 22.9 Å². The Morgan fingerprint density at radius 1 is 1.11 bits per heavy atom. The molecule has 0 aromatic heterocycles. The lowest BCUT2D eigenvalue weighted by Gasteiger charge is -2.10. The second-order valence-corrected chi connectivity index (χ2v) is 6.00. The molecule has 0 saturated carbocycles. The zero-order chi connectivity index (χ0) is 13.9. The van der Waals surface area contributed by atoms with Gasteiger partial charge in [0, 0.05) is 16.5 Å². The predicted molar refractivity (Wildman–Crippen MR) is 69.3 cm³/mol. The molecule has 0 atom stereocenters. The number of halogens is 3. The van der Waals surface area contributed by atoms with E-state index in [4.69, 9.17) is 0 Å². The summed E-state index contributed by atoms with van der Waals surface area (Å²) in [6, 6.07) is 8.71. The maximum atomic E-state index is 12.5. The van der Waals surface area contributed by atoms with Crippen molar-refractivity contribution < 1.29 is 18.0 Å². The van der Waals surface area contributed by atoms with Gasteiger partial charge in [0.05, 0.1) is 5.57 Å². The first-order valence-corrected chi connectivity index (χ1v) is 7.24. The highest BCUT2D eigenvalue weighted by molar-refractivity contribution is 8.04. The monoisotopic (exact) mass is 275 g/mol. The number of allylic oxidation sites excluding steroid dienone is 1. The normalized spacial score (nSPS) is 13.5. The molecule has 0 saturated heterocycles. The Balaban J connectivity index is 3.33. The van der Waals surface area contributed by atoms with Crippen LogP contribution >= 0.6 is 0 Å². The average molecular weight is 275 g/mol. The summed E-state index contributed by atoms with van der Waals surface area (Å²) in [5.41, 5.74) is 0.447. The second kappa shape index (κ2) is 5.61. The summed E-state index contributed by atoms with van der Waals surface area (Å²) in [5, 5.41) is 0. The Morgan fingerprint density at radius 3 is 2.00 bits per heavy atom. The topological polar surface area (TPSA) is 17.1 Å². The molecule has 0 aliphatic heterocycles. The smallest absolute Gasteiger partial charge is 0.284 e. The Labute approximate surface area is 107 Å². The summed E-state index contributed by atoms with van der Waals surface area (Å²) in [5.74, 6) is -1.76. The van der Waals surface area contributed by atoms with Crippen molar-refractivity contribution in [3.05, 3.63) is 41.5 Å². The quantitative estimate of drug-likeness (QED) is 0.610. The molecule has 0 radical (unpaired) electrons. The number of carbonyl (C=O) groups excluding carboxylic acids is 1. The number of alkyl halides is 3. The van der Waals surface area contributed by atoms with Crippen molar-refractivity contribution in [3.63, 3.8) is 0 Å². The number of hydrogen-bond acceptors (Lipinski definition) is 1. The average Bonchev–Trinajstić information content (AvgIpc) is 2.27. The van der Waals surface area contributed by atoms with E-state index in [-0.39, 0.29) is 5.57 Å². The summed E-state index contributed by atoms with van der Waals surface area (Å²) in [4.78, 5) is 11.8. The molecule has 1 aromatic rings. The van der Waals surface area contributed by atoms with Gasteiger partial charge >= 0.3 is 6.18 Å².